The molecule has 1 aromatic heterocycles. The van der Waals surface area contributed by atoms with Gasteiger partial charge in [-0.05, 0) is 107 Å². The molecule has 0 spiro atoms. The summed E-state index contributed by atoms with van der Waals surface area (Å²) in [5.41, 5.74) is 13.2. The molecule has 1 heterocycles. The lowest BCUT2D eigenvalue weighted by Crippen LogP contribution is -2.09. The third kappa shape index (κ3) is 5.38. The molecule has 0 radical (unpaired) electrons. The summed E-state index contributed by atoms with van der Waals surface area (Å²) in [4.78, 5) is 2.30. The molecule has 7 aromatic rings. The van der Waals surface area contributed by atoms with Gasteiger partial charge < -0.3 is 9.47 Å². The minimum atomic E-state index is 0.509. The van der Waals surface area contributed by atoms with Crippen molar-refractivity contribution in [1.29, 1.82) is 0 Å². The number of para-hydroxylation sites is 2. The Labute approximate surface area is 276 Å². The van der Waals surface area contributed by atoms with Crippen LogP contribution in [0.3, 0.4) is 0 Å². The zero-order valence-electron chi connectivity index (χ0n) is 26.6. The van der Waals surface area contributed by atoms with E-state index in [2.05, 4.69) is 187 Å². The van der Waals surface area contributed by atoms with Crippen LogP contribution in [-0.4, -0.2) is 4.57 Å². The van der Waals surface area contributed by atoms with E-state index < -0.39 is 0 Å². The third-order valence-corrected chi connectivity index (χ3v) is 9.28. The van der Waals surface area contributed by atoms with Crippen molar-refractivity contribution in [2.45, 2.75) is 13.3 Å². The van der Waals surface area contributed by atoms with Crippen LogP contribution in [0.15, 0.2) is 170 Å². The molecule has 47 heavy (non-hydrogen) atoms. The molecule has 1 atom stereocenters. The van der Waals surface area contributed by atoms with Gasteiger partial charge >= 0.3 is 0 Å². The Morgan fingerprint density at radius 3 is 1.60 bits per heavy atom. The van der Waals surface area contributed by atoms with E-state index in [1.807, 2.05) is 6.08 Å². The van der Waals surface area contributed by atoms with Gasteiger partial charge in [0.1, 0.15) is 0 Å². The number of hydrogen-bond donors (Lipinski definition) is 0. The summed E-state index contributed by atoms with van der Waals surface area (Å²) in [6, 6.07) is 52.6. The van der Waals surface area contributed by atoms with Crippen LogP contribution in [0.4, 0.5) is 17.1 Å². The van der Waals surface area contributed by atoms with Crippen molar-refractivity contribution in [1.82, 2.24) is 4.57 Å². The summed E-state index contributed by atoms with van der Waals surface area (Å²) in [6.45, 7) is 6.21. The van der Waals surface area contributed by atoms with Crippen molar-refractivity contribution in [2.24, 2.45) is 5.92 Å². The van der Waals surface area contributed by atoms with Gasteiger partial charge in [0.05, 0.1) is 11.0 Å². The quantitative estimate of drug-likeness (QED) is 0.176. The van der Waals surface area contributed by atoms with E-state index in [-0.39, 0.29) is 0 Å². The molecule has 2 nitrogen and oxygen atoms in total. The Kier molecular flexibility index (Phi) is 7.39. The lowest BCUT2D eigenvalue weighted by Gasteiger charge is -2.25. The summed E-state index contributed by atoms with van der Waals surface area (Å²) in [6.07, 6.45) is 9.69. The van der Waals surface area contributed by atoms with Gasteiger partial charge in [0, 0.05) is 33.5 Å². The molecule has 2 heteroatoms. The van der Waals surface area contributed by atoms with Gasteiger partial charge in [0.2, 0.25) is 0 Å². The summed E-state index contributed by atoms with van der Waals surface area (Å²) < 4.78 is 2.47. The van der Waals surface area contributed by atoms with Gasteiger partial charge in [-0.2, -0.15) is 0 Å². The number of nitrogens with zero attached hydrogens (tertiary/aromatic N) is 2. The highest BCUT2D eigenvalue weighted by molar-refractivity contribution is 6.12. The van der Waals surface area contributed by atoms with Crippen molar-refractivity contribution in [2.75, 3.05) is 4.90 Å². The van der Waals surface area contributed by atoms with Crippen molar-refractivity contribution < 1.29 is 0 Å². The largest absolute Gasteiger partial charge is 0.313 e. The maximum atomic E-state index is 3.92. The van der Waals surface area contributed by atoms with Crippen LogP contribution in [0.1, 0.15) is 18.9 Å². The van der Waals surface area contributed by atoms with Crippen molar-refractivity contribution >= 4 is 50.6 Å². The molecular weight excluding hydrogens is 569 g/mol. The molecule has 0 bridgehead atoms. The zero-order chi connectivity index (χ0) is 31.7. The third-order valence-electron chi connectivity index (χ3n) is 9.28. The summed E-state index contributed by atoms with van der Waals surface area (Å²) >= 11 is 0. The SMILES string of the molecule is C=Cc1ccc(-c2ccc3c(c2)c2cc(-c4ccc(N(c5ccccc5)c5ccccc5)cc4)ccc2n3C2=CC=CC(C)C2)cc1. The number of rotatable bonds is 7. The highest BCUT2D eigenvalue weighted by Gasteiger charge is 2.18. The van der Waals surface area contributed by atoms with E-state index in [0.29, 0.717) is 5.92 Å². The van der Waals surface area contributed by atoms with Crippen LogP contribution < -0.4 is 4.90 Å². The molecule has 1 aliphatic carbocycles. The lowest BCUT2D eigenvalue weighted by molar-refractivity contribution is 0.730. The number of fused-ring (bicyclic) bond motifs is 3. The fourth-order valence-corrected chi connectivity index (χ4v) is 6.90. The standard InChI is InChI=1S/C45H36N2/c1-3-33-17-19-34(20-18-33)36-23-27-44-42(30-36)43-31-37(24-28-45(43)47(44)41-16-10-11-32(2)29-41)35-21-25-40(26-22-35)46(38-12-6-4-7-13-38)39-14-8-5-9-15-39/h3-28,30-32H,1,29H2,2H3. The predicted molar refractivity (Wildman–Crippen MR) is 202 cm³/mol. The predicted octanol–water partition coefficient (Wildman–Crippen LogP) is 12.7. The first-order valence-electron chi connectivity index (χ1n) is 16.4. The van der Waals surface area contributed by atoms with E-state index >= 15 is 0 Å². The maximum Gasteiger partial charge on any atom is 0.0538 e. The molecule has 0 N–H and O–H groups in total. The van der Waals surface area contributed by atoms with Crippen molar-refractivity contribution in [3.8, 4) is 22.3 Å². The summed E-state index contributed by atoms with van der Waals surface area (Å²) in [5.74, 6) is 0.509. The van der Waals surface area contributed by atoms with Crippen molar-refractivity contribution in [3.05, 3.63) is 176 Å². The Hall–Kier alpha value is -5.86. The second kappa shape index (κ2) is 12.2. The minimum absolute atomic E-state index is 0.509. The van der Waals surface area contributed by atoms with Crippen LogP contribution >= 0.6 is 0 Å². The highest BCUT2D eigenvalue weighted by Crippen LogP contribution is 2.40. The van der Waals surface area contributed by atoms with Crippen LogP contribution in [0.25, 0.3) is 55.8 Å². The van der Waals surface area contributed by atoms with Gasteiger partial charge in [-0.15, -0.1) is 0 Å². The average molecular weight is 605 g/mol. The van der Waals surface area contributed by atoms with Gasteiger partial charge in [0.25, 0.3) is 0 Å². The van der Waals surface area contributed by atoms with Gasteiger partial charge in [0.15, 0.2) is 0 Å². The van der Waals surface area contributed by atoms with Crippen LogP contribution in [-0.2, 0) is 0 Å². The molecular formula is C45H36N2. The van der Waals surface area contributed by atoms with Gasteiger partial charge in [-0.1, -0.05) is 117 Å². The van der Waals surface area contributed by atoms with Crippen LogP contribution in [0.5, 0.6) is 0 Å². The fourth-order valence-electron chi connectivity index (χ4n) is 6.90. The smallest absolute Gasteiger partial charge is 0.0538 e. The van der Waals surface area contributed by atoms with E-state index in [9.17, 15) is 0 Å². The average Bonchev–Trinajstić information content (AvgIpc) is 3.46. The van der Waals surface area contributed by atoms with E-state index in [4.69, 9.17) is 0 Å². The maximum absolute atomic E-state index is 3.92. The first-order chi connectivity index (χ1) is 23.2. The van der Waals surface area contributed by atoms with Crippen LogP contribution in [0, 0.1) is 5.92 Å². The first kappa shape index (κ1) is 28.6. The van der Waals surface area contributed by atoms with Gasteiger partial charge in [-0.3, -0.25) is 0 Å². The van der Waals surface area contributed by atoms with Crippen molar-refractivity contribution in [3.63, 3.8) is 0 Å². The molecule has 8 rings (SSSR count). The lowest BCUT2D eigenvalue weighted by atomic mass is 9.99. The molecule has 0 saturated carbocycles. The monoisotopic (exact) mass is 604 g/mol. The second-order valence-electron chi connectivity index (χ2n) is 12.4. The zero-order valence-corrected chi connectivity index (χ0v) is 26.6. The number of allylic oxidation sites excluding steroid dienone is 4. The summed E-state index contributed by atoms with van der Waals surface area (Å²) in [7, 11) is 0. The van der Waals surface area contributed by atoms with Crippen LogP contribution in [0.2, 0.25) is 0 Å². The number of aromatic nitrogens is 1. The Morgan fingerprint density at radius 1 is 0.596 bits per heavy atom. The Morgan fingerprint density at radius 2 is 1.09 bits per heavy atom. The Balaban J connectivity index is 1.24. The second-order valence-corrected chi connectivity index (χ2v) is 12.4. The number of anilines is 3. The molecule has 1 aliphatic rings. The summed E-state index contributed by atoms with van der Waals surface area (Å²) in [5, 5.41) is 2.54. The first-order valence-corrected chi connectivity index (χ1v) is 16.4. The minimum Gasteiger partial charge on any atom is -0.313 e. The molecule has 0 amide bonds. The molecule has 0 fully saturated rings. The number of benzene rings is 6. The number of hydrogen-bond acceptors (Lipinski definition) is 1. The molecule has 1 unspecified atom stereocenters. The fraction of sp³-hybridized carbons (Fsp3) is 0.0667. The molecule has 0 aliphatic heterocycles. The topological polar surface area (TPSA) is 8.17 Å². The highest BCUT2D eigenvalue weighted by atomic mass is 15.1. The molecule has 226 valence electrons. The normalized spacial score (nSPS) is 14.3. The van der Waals surface area contributed by atoms with E-state index in [1.54, 1.807) is 0 Å². The van der Waals surface area contributed by atoms with E-state index in [1.165, 1.54) is 49.8 Å². The van der Waals surface area contributed by atoms with Gasteiger partial charge in [-0.25, -0.2) is 0 Å². The molecule has 6 aromatic carbocycles. The Bertz CT molecular complexity index is 2230. The molecule has 0 saturated heterocycles. The van der Waals surface area contributed by atoms with E-state index in [0.717, 1.165) is 29.0 Å².